The van der Waals surface area contributed by atoms with Gasteiger partial charge < -0.3 is 0 Å². The van der Waals surface area contributed by atoms with Crippen molar-refractivity contribution in [3.63, 3.8) is 0 Å². The summed E-state index contributed by atoms with van der Waals surface area (Å²) in [7, 11) is 0. The van der Waals surface area contributed by atoms with Gasteiger partial charge in [0, 0.05) is 17.7 Å². The van der Waals surface area contributed by atoms with Gasteiger partial charge in [0.25, 0.3) is 0 Å². The van der Waals surface area contributed by atoms with Crippen molar-refractivity contribution in [3.05, 3.63) is 0 Å². The minimum atomic E-state index is 0.829. The number of hydrogen-bond donors (Lipinski definition) is 0. The Morgan fingerprint density at radius 3 is 2.70 bits per heavy atom. The zero-order chi connectivity index (χ0) is 7.56. The van der Waals surface area contributed by atoms with E-state index < -0.39 is 0 Å². The largest absolute Gasteiger partial charge is 0.290 e. The molecular formula is C8H17NS. The minimum absolute atomic E-state index is 0.829. The van der Waals surface area contributed by atoms with E-state index >= 15 is 0 Å². The second-order valence-electron chi connectivity index (χ2n) is 3.22. The summed E-state index contributed by atoms with van der Waals surface area (Å²) in [6.07, 6.45) is 0. The molecule has 60 valence electrons. The quantitative estimate of drug-likeness (QED) is 0.606. The Morgan fingerprint density at radius 1 is 1.60 bits per heavy atom. The van der Waals surface area contributed by atoms with Gasteiger partial charge >= 0.3 is 0 Å². The molecule has 0 spiro atoms. The third-order valence-electron chi connectivity index (χ3n) is 2.19. The SMILES string of the molecule is CCN1CSCC1C(C)C. The molecule has 1 fully saturated rings. The molecule has 0 N–H and O–H groups in total. The first-order chi connectivity index (χ1) is 4.75. The van der Waals surface area contributed by atoms with Crippen LogP contribution in [0.15, 0.2) is 0 Å². The summed E-state index contributed by atoms with van der Waals surface area (Å²) >= 11 is 2.07. The van der Waals surface area contributed by atoms with E-state index in [-0.39, 0.29) is 0 Å². The molecule has 1 aliphatic heterocycles. The summed E-state index contributed by atoms with van der Waals surface area (Å²) in [4.78, 5) is 2.56. The highest BCUT2D eigenvalue weighted by Crippen LogP contribution is 2.24. The van der Waals surface area contributed by atoms with Crippen LogP contribution < -0.4 is 0 Å². The van der Waals surface area contributed by atoms with Gasteiger partial charge in [0.15, 0.2) is 0 Å². The Balaban J connectivity index is 2.42. The summed E-state index contributed by atoms with van der Waals surface area (Å²) in [6, 6.07) is 0.843. The van der Waals surface area contributed by atoms with Gasteiger partial charge in [-0.25, -0.2) is 0 Å². The number of nitrogens with zero attached hydrogens (tertiary/aromatic N) is 1. The fourth-order valence-corrected chi connectivity index (χ4v) is 2.98. The van der Waals surface area contributed by atoms with Crippen LogP contribution in [0.4, 0.5) is 0 Å². The first-order valence-corrected chi connectivity index (χ1v) is 5.23. The fourth-order valence-electron chi connectivity index (χ4n) is 1.43. The van der Waals surface area contributed by atoms with E-state index in [1.54, 1.807) is 0 Å². The Kier molecular flexibility index (Phi) is 3.05. The van der Waals surface area contributed by atoms with Crippen LogP contribution in [0.3, 0.4) is 0 Å². The molecule has 1 saturated heterocycles. The summed E-state index contributed by atoms with van der Waals surface area (Å²) in [5, 5.41) is 0. The third-order valence-corrected chi connectivity index (χ3v) is 3.28. The number of hydrogen-bond acceptors (Lipinski definition) is 2. The second kappa shape index (κ2) is 3.63. The van der Waals surface area contributed by atoms with Gasteiger partial charge in [-0.2, -0.15) is 0 Å². The van der Waals surface area contributed by atoms with Crippen LogP contribution in [0.25, 0.3) is 0 Å². The molecular weight excluding hydrogens is 142 g/mol. The van der Waals surface area contributed by atoms with E-state index in [9.17, 15) is 0 Å². The average Bonchev–Trinajstić information content (AvgIpc) is 2.33. The molecule has 1 heterocycles. The van der Waals surface area contributed by atoms with Crippen LogP contribution in [0.2, 0.25) is 0 Å². The molecule has 0 aromatic carbocycles. The molecule has 1 rings (SSSR count). The van der Waals surface area contributed by atoms with Crippen molar-refractivity contribution in [2.75, 3.05) is 18.2 Å². The lowest BCUT2D eigenvalue weighted by Crippen LogP contribution is -2.34. The maximum Gasteiger partial charge on any atom is 0.0448 e. The van der Waals surface area contributed by atoms with E-state index in [0.717, 1.165) is 12.0 Å². The lowest BCUT2D eigenvalue weighted by atomic mass is 10.1. The Morgan fingerprint density at radius 2 is 2.30 bits per heavy atom. The summed E-state index contributed by atoms with van der Waals surface area (Å²) in [5.41, 5.74) is 0. The Bertz CT molecular complexity index is 103. The number of rotatable bonds is 2. The lowest BCUT2D eigenvalue weighted by molar-refractivity contribution is 0.227. The maximum atomic E-state index is 2.56. The van der Waals surface area contributed by atoms with Crippen LogP contribution in [0.5, 0.6) is 0 Å². The van der Waals surface area contributed by atoms with E-state index in [4.69, 9.17) is 0 Å². The fraction of sp³-hybridized carbons (Fsp3) is 1.00. The highest BCUT2D eigenvalue weighted by molar-refractivity contribution is 7.99. The average molecular weight is 159 g/mol. The van der Waals surface area contributed by atoms with Gasteiger partial charge in [-0.15, -0.1) is 11.8 Å². The highest BCUT2D eigenvalue weighted by atomic mass is 32.2. The van der Waals surface area contributed by atoms with Gasteiger partial charge in [0.1, 0.15) is 0 Å². The molecule has 0 amide bonds. The topological polar surface area (TPSA) is 3.24 Å². The Hall–Kier alpha value is 0.310. The van der Waals surface area contributed by atoms with Crippen molar-refractivity contribution in [3.8, 4) is 0 Å². The van der Waals surface area contributed by atoms with E-state index in [1.807, 2.05) is 0 Å². The summed E-state index contributed by atoms with van der Waals surface area (Å²) in [6.45, 7) is 8.11. The van der Waals surface area contributed by atoms with Gasteiger partial charge in [0.2, 0.25) is 0 Å². The van der Waals surface area contributed by atoms with Crippen LogP contribution in [-0.2, 0) is 0 Å². The van der Waals surface area contributed by atoms with Crippen molar-refractivity contribution < 1.29 is 0 Å². The van der Waals surface area contributed by atoms with Crippen molar-refractivity contribution in [1.82, 2.24) is 4.90 Å². The zero-order valence-corrected chi connectivity index (χ0v) is 7.95. The predicted molar refractivity (Wildman–Crippen MR) is 48.3 cm³/mol. The molecule has 1 unspecified atom stereocenters. The van der Waals surface area contributed by atoms with Crippen molar-refractivity contribution in [1.29, 1.82) is 0 Å². The molecule has 0 aliphatic carbocycles. The standard InChI is InChI=1S/C8H17NS/c1-4-9-6-10-5-8(9)7(2)3/h7-8H,4-6H2,1-3H3. The monoisotopic (exact) mass is 159 g/mol. The van der Waals surface area contributed by atoms with Gasteiger partial charge in [-0.1, -0.05) is 20.8 Å². The first-order valence-electron chi connectivity index (χ1n) is 4.07. The molecule has 0 aromatic heterocycles. The third kappa shape index (κ3) is 1.67. The van der Waals surface area contributed by atoms with Gasteiger partial charge in [-0.3, -0.25) is 4.90 Å². The second-order valence-corrected chi connectivity index (χ2v) is 4.22. The molecule has 1 nitrogen and oxygen atoms in total. The molecule has 0 radical (unpaired) electrons. The molecule has 2 heteroatoms. The van der Waals surface area contributed by atoms with Crippen molar-refractivity contribution in [2.45, 2.75) is 26.8 Å². The van der Waals surface area contributed by atoms with Crippen molar-refractivity contribution >= 4 is 11.8 Å². The first kappa shape index (κ1) is 8.41. The van der Waals surface area contributed by atoms with Crippen molar-refractivity contribution in [2.24, 2.45) is 5.92 Å². The van der Waals surface area contributed by atoms with Gasteiger partial charge in [0.05, 0.1) is 0 Å². The smallest absolute Gasteiger partial charge is 0.0448 e. The minimum Gasteiger partial charge on any atom is -0.290 e. The molecule has 1 atom stereocenters. The summed E-state index contributed by atoms with van der Waals surface area (Å²) in [5.74, 6) is 3.42. The normalized spacial score (nSPS) is 28.2. The molecule has 10 heavy (non-hydrogen) atoms. The molecule has 0 saturated carbocycles. The van der Waals surface area contributed by atoms with E-state index in [0.29, 0.717) is 0 Å². The molecule has 0 aromatic rings. The predicted octanol–water partition coefficient (Wildman–Crippen LogP) is 2.04. The van der Waals surface area contributed by atoms with Crippen LogP contribution >= 0.6 is 11.8 Å². The van der Waals surface area contributed by atoms with Crippen LogP contribution in [0, 0.1) is 5.92 Å². The molecule has 0 bridgehead atoms. The highest BCUT2D eigenvalue weighted by Gasteiger charge is 2.25. The molecule has 1 aliphatic rings. The van der Waals surface area contributed by atoms with Crippen LogP contribution in [0.1, 0.15) is 20.8 Å². The Labute approximate surface area is 68.2 Å². The maximum absolute atomic E-state index is 2.56. The number of thioether (sulfide) groups is 1. The van der Waals surface area contributed by atoms with Crippen LogP contribution in [-0.4, -0.2) is 29.1 Å². The lowest BCUT2D eigenvalue weighted by Gasteiger charge is -2.24. The van der Waals surface area contributed by atoms with E-state index in [2.05, 4.69) is 37.4 Å². The summed E-state index contributed by atoms with van der Waals surface area (Å²) < 4.78 is 0. The van der Waals surface area contributed by atoms with Gasteiger partial charge in [-0.05, 0) is 12.5 Å². The van der Waals surface area contributed by atoms with E-state index in [1.165, 1.54) is 18.2 Å². The zero-order valence-electron chi connectivity index (χ0n) is 7.13.